The maximum atomic E-state index is 13.2. The second-order valence-corrected chi connectivity index (χ2v) is 11.0. The number of para-hydroxylation sites is 1. The van der Waals surface area contributed by atoms with Crippen LogP contribution in [-0.4, -0.2) is 24.8 Å². The van der Waals surface area contributed by atoms with Crippen LogP contribution in [0.2, 0.25) is 0 Å². The number of hydrogen-bond donors (Lipinski definition) is 1. The highest BCUT2D eigenvalue weighted by Gasteiger charge is 2.22. The Kier molecular flexibility index (Phi) is 7.27. The predicted molar refractivity (Wildman–Crippen MR) is 131 cm³/mol. The maximum Gasteiger partial charge on any atom is 0.310 e. The van der Waals surface area contributed by atoms with Crippen LogP contribution in [0.3, 0.4) is 0 Å². The number of nitrogens with one attached hydrogen (secondary N) is 1. The molecule has 0 aliphatic rings. The second kappa shape index (κ2) is 9.79. The Morgan fingerprint density at radius 3 is 2.24 bits per heavy atom. The fourth-order valence-corrected chi connectivity index (χ4v) is 4.25. The highest BCUT2D eigenvalue weighted by Crippen LogP contribution is 2.29. The van der Waals surface area contributed by atoms with Crippen molar-refractivity contribution in [3.8, 4) is 16.9 Å². The Hall–Kier alpha value is -3.13. The molecule has 2 aromatic carbocycles. The molecule has 7 nitrogen and oxygen atoms in total. The topological polar surface area (TPSA) is 90.3 Å². The number of rotatable bonds is 8. The van der Waals surface area contributed by atoms with Gasteiger partial charge in [-0.25, -0.2) is 13.1 Å². The molecule has 0 fully saturated rings. The van der Waals surface area contributed by atoms with Crippen LogP contribution in [0.15, 0.2) is 70.5 Å². The van der Waals surface area contributed by atoms with Crippen LogP contribution in [0.1, 0.15) is 41.0 Å². The average Bonchev–Trinajstić information content (AvgIpc) is 2.74. The monoisotopic (exact) mass is 469 g/mol. The zero-order valence-electron chi connectivity index (χ0n) is 19.7. The molecule has 0 aliphatic carbocycles. The number of hydrogen-bond acceptors (Lipinski definition) is 5. The molecule has 0 spiro atoms. The largest absolute Gasteiger partial charge is 0.487 e. The molecule has 0 bridgehead atoms. The Labute approximate surface area is 195 Å². The zero-order chi connectivity index (χ0) is 24.2. The van der Waals surface area contributed by atoms with E-state index in [1.165, 1.54) is 16.8 Å². The van der Waals surface area contributed by atoms with Gasteiger partial charge in [0.1, 0.15) is 0 Å². The molecule has 3 rings (SSSR count). The van der Waals surface area contributed by atoms with Crippen LogP contribution in [0.4, 0.5) is 5.69 Å². The third kappa shape index (κ3) is 6.01. The first-order valence-electron chi connectivity index (χ1n) is 10.9. The van der Waals surface area contributed by atoms with Crippen molar-refractivity contribution in [2.75, 3.05) is 11.3 Å². The number of aromatic nitrogens is 2. The Balaban J connectivity index is 1.96. The van der Waals surface area contributed by atoms with Crippen molar-refractivity contribution >= 4 is 15.7 Å². The van der Waals surface area contributed by atoms with Gasteiger partial charge in [0.25, 0.3) is 10.0 Å². The molecule has 176 valence electrons. The van der Waals surface area contributed by atoms with E-state index in [4.69, 9.17) is 4.74 Å². The zero-order valence-corrected chi connectivity index (χ0v) is 20.5. The van der Waals surface area contributed by atoms with E-state index in [1.807, 2.05) is 26.8 Å². The molecule has 0 unspecified atom stereocenters. The van der Waals surface area contributed by atoms with Crippen molar-refractivity contribution in [3.63, 3.8) is 0 Å². The first-order chi connectivity index (χ1) is 15.5. The van der Waals surface area contributed by atoms with Crippen molar-refractivity contribution in [2.45, 2.75) is 51.5 Å². The minimum absolute atomic E-state index is 0.119. The highest BCUT2D eigenvalue weighted by molar-refractivity contribution is 7.92. The molecular weight excluding hydrogens is 438 g/mol. The quantitative estimate of drug-likeness (QED) is 0.507. The Bertz CT molecular complexity index is 1240. The van der Waals surface area contributed by atoms with Crippen molar-refractivity contribution in [1.29, 1.82) is 0 Å². The van der Waals surface area contributed by atoms with Gasteiger partial charge in [-0.05, 0) is 62.9 Å². The van der Waals surface area contributed by atoms with E-state index < -0.39 is 15.6 Å². The molecule has 0 radical (unpaired) electrons. The van der Waals surface area contributed by atoms with E-state index in [0.29, 0.717) is 29.3 Å². The van der Waals surface area contributed by atoms with E-state index in [9.17, 15) is 13.2 Å². The SMILES string of the molecule is CC(C)CCOc1c(-c2ccc(S(=O)(=O)Nc3ccccc3)cc2)cnn(C(C)(C)C)c1=O. The third-order valence-electron chi connectivity index (χ3n) is 5.01. The summed E-state index contributed by atoms with van der Waals surface area (Å²) in [5.41, 5.74) is 0.846. The number of ether oxygens (including phenoxy) is 1. The van der Waals surface area contributed by atoms with Gasteiger partial charge in [-0.3, -0.25) is 9.52 Å². The third-order valence-corrected chi connectivity index (χ3v) is 6.41. The lowest BCUT2D eigenvalue weighted by Gasteiger charge is -2.22. The molecule has 0 aliphatic heterocycles. The minimum atomic E-state index is -3.74. The van der Waals surface area contributed by atoms with Gasteiger partial charge < -0.3 is 4.74 Å². The van der Waals surface area contributed by atoms with Gasteiger partial charge in [0, 0.05) is 11.3 Å². The van der Waals surface area contributed by atoms with Gasteiger partial charge in [0.2, 0.25) is 0 Å². The molecule has 0 atom stereocenters. The number of sulfonamides is 1. The lowest BCUT2D eigenvalue weighted by Crippen LogP contribution is -2.36. The molecule has 33 heavy (non-hydrogen) atoms. The maximum absolute atomic E-state index is 13.2. The first-order valence-corrected chi connectivity index (χ1v) is 12.4. The molecule has 3 aromatic rings. The summed E-state index contributed by atoms with van der Waals surface area (Å²) in [4.78, 5) is 13.3. The minimum Gasteiger partial charge on any atom is -0.487 e. The molecule has 1 aromatic heterocycles. The molecule has 0 saturated carbocycles. The highest BCUT2D eigenvalue weighted by atomic mass is 32.2. The standard InChI is InChI=1S/C25H31N3O4S/c1-18(2)15-16-32-23-22(17-26-28(24(23)29)25(3,4)5)19-11-13-21(14-12-19)33(30,31)27-20-9-7-6-8-10-20/h6-14,17-18,27H,15-16H2,1-5H3. The van der Waals surface area contributed by atoms with Gasteiger partial charge >= 0.3 is 5.56 Å². The van der Waals surface area contributed by atoms with Crippen LogP contribution in [0.25, 0.3) is 11.1 Å². The van der Waals surface area contributed by atoms with Crippen molar-refractivity contribution in [3.05, 3.63) is 71.1 Å². The lowest BCUT2D eigenvalue weighted by molar-refractivity contribution is 0.270. The number of benzene rings is 2. The first kappa shape index (κ1) is 24.5. The molecule has 1 N–H and O–H groups in total. The Morgan fingerprint density at radius 2 is 1.67 bits per heavy atom. The van der Waals surface area contributed by atoms with Crippen LogP contribution < -0.4 is 15.0 Å². The smallest absolute Gasteiger partial charge is 0.310 e. The summed E-state index contributed by atoms with van der Waals surface area (Å²) in [7, 11) is -3.74. The van der Waals surface area contributed by atoms with Crippen molar-refractivity contribution in [1.82, 2.24) is 9.78 Å². The van der Waals surface area contributed by atoms with Crippen molar-refractivity contribution < 1.29 is 13.2 Å². The van der Waals surface area contributed by atoms with Crippen LogP contribution in [0.5, 0.6) is 5.75 Å². The predicted octanol–water partition coefficient (Wildman–Crippen LogP) is 4.89. The lowest BCUT2D eigenvalue weighted by atomic mass is 10.1. The second-order valence-electron chi connectivity index (χ2n) is 9.30. The van der Waals surface area contributed by atoms with Gasteiger partial charge in [-0.1, -0.05) is 44.2 Å². The van der Waals surface area contributed by atoms with Gasteiger partial charge in [-0.15, -0.1) is 0 Å². The number of anilines is 1. The summed E-state index contributed by atoms with van der Waals surface area (Å²) in [5, 5.41) is 4.35. The van der Waals surface area contributed by atoms with Gasteiger partial charge in [0.15, 0.2) is 5.75 Å². The van der Waals surface area contributed by atoms with E-state index >= 15 is 0 Å². The number of nitrogens with zero attached hydrogens (tertiary/aromatic N) is 2. The normalized spacial score (nSPS) is 12.1. The van der Waals surface area contributed by atoms with Gasteiger partial charge in [0.05, 0.1) is 23.2 Å². The fourth-order valence-electron chi connectivity index (χ4n) is 3.19. The summed E-state index contributed by atoms with van der Waals surface area (Å²) < 4.78 is 35.4. The molecular formula is C25H31N3O4S. The molecule has 8 heteroatoms. The summed E-state index contributed by atoms with van der Waals surface area (Å²) in [6, 6.07) is 15.0. The summed E-state index contributed by atoms with van der Waals surface area (Å²) in [6.07, 6.45) is 2.40. The van der Waals surface area contributed by atoms with Crippen LogP contribution >= 0.6 is 0 Å². The summed E-state index contributed by atoms with van der Waals surface area (Å²) >= 11 is 0. The Morgan fingerprint density at radius 1 is 1.03 bits per heavy atom. The van der Waals surface area contributed by atoms with Crippen LogP contribution in [-0.2, 0) is 15.6 Å². The molecule has 0 saturated heterocycles. The summed E-state index contributed by atoms with van der Waals surface area (Å²) in [6.45, 7) is 10.3. The van der Waals surface area contributed by atoms with E-state index in [2.05, 4.69) is 23.7 Å². The average molecular weight is 470 g/mol. The van der Waals surface area contributed by atoms with E-state index in [1.54, 1.807) is 42.6 Å². The summed E-state index contributed by atoms with van der Waals surface area (Å²) in [5.74, 6) is 0.653. The van der Waals surface area contributed by atoms with E-state index in [-0.39, 0.29) is 16.2 Å². The van der Waals surface area contributed by atoms with E-state index in [0.717, 1.165) is 6.42 Å². The van der Waals surface area contributed by atoms with Gasteiger partial charge in [-0.2, -0.15) is 5.10 Å². The van der Waals surface area contributed by atoms with Crippen LogP contribution in [0, 0.1) is 5.92 Å². The molecule has 1 heterocycles. The molecule has 0 amide bonds. The van der Waals surface area contributed by atoms with Crippen molar-refractivity contribution in [2.24, 2.45) is 5.92 Å². The fraction of sp³-hybridized carbons (Fsp3) is 0.360.